The van der Waals surface area contributed by atoms with Gasteiger partial charge in [-0.15, -0.1) is 0 Å². The molecule has 2 N–H and O–H groups in total. The molecule has 1 heterocycles. The highest BCUT2D eigenvalue weighted by Crippen LogP contribution is 2.21. The first kappa shape index (κ1) is 11.2. The van der Waals surface area contributed by atoms with Crippen LogP contribution in [-0.2, 0) is 11.3 Å². The number of nitrogens with zero attached hydrogens (tertiary/aromatic N) is 2. The lowest BCUT2D eigenvalue weighted by Gasteiger charge is -2.06. The van der Waals surface area contributed by atoms with Gasteiger partial charge in [-0.1, -0.05) is 12.1 Å². The van der Waals surface area contributed by atoms with E-state index < -0.39 is 0 Å². The SMILES string of the molecule is Cc1ccn(CC(=O)Nc2ccccc2O)n1. The maximum Gasteiger partial charge on any atom is 0.246 e. The number of hydrogen-bond donors (Lipinski definition) is 2. The first-order valence-corrected chi connectivity index (χ1v) is 5.23. The molecule has 0 aliphatic heterocycles. The molecule has 2 aromatic rings. The van der Waals surface area contributed by atoms with Gasteiger partial charge in [0.2, 0.25) is 5.91 Å². The van der Waals surface area contributed by atoms with Crippen molar-refractivity contribution in [3.63, 3.8) is 0 Å². The van der Waals surface area contributed by atoms with Gasteiger partial charge in [0.25, 0.3) is 0 Å². The highest BCUT2D eigenvalue weighted by molar-refractivity contribution is 5.91. The standard InChI is InChI=1S/C12H13N3O2/c1-9-6-7-15(14-9)8-12(17)13-10-4-2-3-5-11(10)16/h2-7,16H,8H2,1H3,(H,13,17). The molecule has 5 nitrogen and oxygen atoms in total. The summed E-state index contributed by atoms with van der Waals surface area (Å²) in [6, 6.07) is 8.43. The van der Waals surface area contributed by atoms with Gasteiger partial charge in [0.15, 0.2) is 0 Å². The lowest BCUT2D eigenvalue weighted by Crippen LogP contribution is -2.19. The van der Waals surface area contributed by atoms with Crippen LogP contribution in [0.4, 0.5) is 5.69 Å². The van der Waals surface area contributed by atoms with Gasteiger partial charge < -0.3 is 10.4 Å². The van der Waals surface area contributed by atoms with Crippen molar-refractivity contribution in [3.8, 4) is 5.75 Å². The number of amides is 1. The summed E-state index contributed by atoms with van der Waals surface area (Å²) in [5, 5.41) is 16.2. The number of aromatic hydroxyl groups is 1. The maximum atomic E-state index is 11.7. The van der Waals surface area contributed by atoms with E-state index in [9.17, 15) is 9.90 Å². The van der Waals surface area contributed by atoms with Crippen LogP contribution in [0.1, 0.15) is 5.69 Å². The predicted octanol–water partition coefficient (Wildman–Crippen LogP) is 1.54. The van der Waals surface area contributed by atoms with E-state index >= 15 is 0 Å². The number of aryl methyl sites for hydroxylation is 1. The topological polar surface area (TPSA) is 67.2 Å². The Morgan fingerprint density at radius 1 is 1.41 bits per heavy atom. The van der Waals surface area contributed by atoms with E-state index in [1.165, 1.54) is 6.07 Å². The molecule has 0 aliphatic carbocycles. The van der Waals surface area contributed by atoms with Gasteiger partial charge in [0.05, 0.1) is 11.4 Å². The molecular weight excluding hydrogens is 218 g/mol. The van der Waals surface area contributed by atoms with Crippen molar-refractivity contribution >= 4 is 11.6 Å². The Labute approximate surface area is 98.7 Å². The first-order chi connectivity index (χ1) is 8.15. The average molecular weight is 231 g/mol. The molecule has 2 rings (SSSR count). The number of aromatic nitrogens is 2. The van der Waals surface area contributed by atoms with Crippen LogP contribution < -0.4 is 5.32 Å². The molecule has 0 spiro atoms. The molecule has 1 aromatic heterocycles. The summed E-state index contributed by atoms with van der Waals surface area (Å²) in [5.41, 5.74) is 1.27. The fourth-order valence-corrected chi connectivity index (χ4v) is 1.47. The van der Waals surface area contributed by atoms with Gasteiger partial charge in [-0.05, 0) is 25.1 Å². The smallest absolute Gasteiger partial charge is 0.246 e. The van der Waals surface area contributed by atoms with Crippen molar-refractivity contribution < 1.29 is 9.90 Å². The second kappa shape index (κ2) is 4.69. The summed E-state index contributed by atoms with van der Waals surface area (Å²) in [6.45, 7) is 1.99. The second-order valence-corrected chi connectivity index (χ2v) is 3.72. The van der Waals surface area contributed by atoms with Gasteiger partial charge in [-0.25, -0.2) is 0 Å². The summed E-state index contributed by atoms with van der Waals surface area (Å²) in [6.07, 6.45) is 1.74. The summed E-state index contributed by atoms with van der Waals surface area (Å²) >= 11 is 0. The van der Waals surface area contributed by atoms with Crippen LogP contribution in [0.15, 0.2) is 36.5 Å². The number of phenols is 1. The van der Waals surface area contributed by atoms with Crippen molar-refractivity contribution in [1.82, 2.24) is 9.78 Å². The molecule has 88 valence electrons. The zero-order chi connectivity index (χ0) is 12.3. The molecule has 1 aromatic carbocycles. The van der Waals surface area contributed by atoms with Gasteiger partial charge in [-0.2, -0.15) is 5.10 Å². The Balaban J connectivity index is 2.01. The largest absolute Gasteiger partial charge is 0.506 e. The van der Waals surface area contributed by atoms with Crippen LogP contribution in [0, 0.1) is 6.92 Å². The minimum absolute atomic E-state index is 0.0532. The molecular formula is C12H13N3O2. The van der Waals surface area contributed by atoms with E-state index in [0.29, 0.717) is 5.69 Å². The minimum Gasteiger partial charge on any atom is -0.506 e. The fraction of sp³-hybridized carbons (Fsp3) is 0.167. The summed E-state index contributed by atoms with van der Waals surface area (Å²) in [7, 11) is 0. The third-order valence-electron chi connectivity index (χ3n) is 2.26. The zero-order valence-corrected chi connectivity index (χ0v) is 9.42. The van der Waals surface area contributed by atoms with E-state index in [2.05, 4.69) is 10.4 Å². The third-order valence-corrected chi connectivity index (χ3v) is 2.26. The Morgan fingerprint density at radius 2 is 2.18 bits per heavy atom. The van der Waals surface area contributed by atoms with Crippen molar-refractivity contribution in [2.24, 2.45) is 0 Å². The number of carbonyl (C=O) groups is 1. The van der Waals surface area contributed by atoms with Gasteiger partial charge in [-0.3, -0.25) is 9.48 Å². The van der Waals surface area contributed by atoms with Crippen LogP contribution in [0.25, 0.3) is 0 Å². The molecule has 1 amide bonds. The normalized spacial score (nSPS) is 10.2. The molecule has 0 saturated carbocycles. The van der Waals surface area contributed by atoms with Crippen molar-refractivity contribution in [1.29, 1.82) is 0 Å². The molecule has 0 bridgehead atoms. The molecule has 0 atom stereocenters. The Bertz CT molecular complexity index is 534. The molecule has 0 saturated heterocycles. The predicted molar refractivity (Wildman–Crippen MR) is 63.7 cm³/mol. The molecule has 0 unspecified atom stereocenters. The van der Waals surface area contributed by atoms with E-state index in [4.69, 9.17) is 0 Å². The number of rotatable bonds is 3. The molecule has 17 heavy (non-hydrogen) atoms. The number of hydrogen-bond acceptors (Lipinski definition) is 3. The summed E-state index contributed by atoms with van der Waals surface area (Å²) in [4.78, 5) is 11.7. The van der Waals surface area contributed by atoms with E-state index in [-0.39, 0.29) is 18.2 Å². The summed E-state index contributed by atoms with van der Waals surface area (Å²) < 4.78 is 1.55. The molecule has 0 radical (unpaired) electrons. The first-order valence-electron chi connectivity index (χ1n) is 5.23. The van der Waals surface area contributed by atoms with Gasteiger partial charge in [0, 0.05) is 6.20 Å². The van der Waals surface area contributed by atoms with Crippen molar-refractivity contribution in [3.05, 3.63) is 42.2 Å². The lowest BCUT2D eigenvalue weighted by atomic mass is 10.3. The monoisotopic (exact) mass is 231 g/mol. The number of para-hydroxylation sites is 2. The van der Waals surface area contributed by atoms with Crippen molar-refractivity contribution in [2.75, 3.05) is 5.32 Å². The lowest BCUT2D eigenvalue weighted by molar-refractivity contribution is -0.116. The number of carbonyl (C=O) groups excluding carboxylic acids is 1. The zero-order valence-electron chi connectivity index (χ0n) is 9.42. The highest BCUT2D eigenvalue weighted by Gasteiger charge is 2.06. The van der Waals surface area contributed by atoms with Crippen LogP contribution in [0.3, 0.4) is 0 Å². The quantitative estimate of drug-likeness (QED) is 0.787. The molecule has 5 heteroatoms. The van der Waals surface area contributed by atoms with Gasteiger partial charge in [0.1, 0.15) is 12.3 Å². The Morgan fingerprint density at radius 3 is 2.82 bits per heavy atom. The number of benzene rings is 1. The third kappa shape index (κ3) is 2.84. The molecule has 0 fully saturated rings. The number of anilines is 1. The van der Waals surface area contributed by atoms with E-state index in [1.54, 1.807) is 29.1 Å². The van der Waals surface area contributed by atoms with E-state index in [0.717, 1.165) is 5.69 Å². The second-order valence-electron chi connectivity index (χ2n) is 3.72. The van der Waals surface area contributed by atoms with Crippen LogP contribution >= 0.6 is 0 Å². The minimum atomic E-state index is -0.227. The number of nitrogens with one attached hydrogen (secondary N) is 1. The molecule has 0 aliphatic rings. The van der Waals surface area contributed by atoms with Crippen LogP contribution in [0.2, 0.25) is 0 Å². The van der Waals surface area contributed by atoms with E-state index in [1.807, 2.05) is 13.0 Å². The average Bonchev–Trinajstić information content (AvgIpc) is 2.67. The van der Waals surface area contributed by atoms with Crippen LogP contribution in [0.5, 0.6) is 5.75 Å². The van der Waals surface area contributed by atoms with Crippen molar-refractivity contribution in [2.45, 2.75) is 13.5 Å². The Kier molecular flexibility index (Phi) is 3.09. The van der Waals surface area contributed by atoms with Gasteiger partial charge >= 0.3 is 0 Å². The van der Waals surface area contributed by atoms with Crippen LogP contribution in [-0.4, -0.2) is 20.8 Å². The highest BCUT2D eigenvalue weighted by atomic mass is 16.3. The number of phenolic OH excluding ortho intramolecular Hbond substituents is 1. The summed E-state index contributed by atoms with van der Waals surface area (Å²) in [5.74, 6) is -0.174. The fourth-order valence-electron chi connectivity index (χ4n) is 1.47. The maximum absolute atomic E-state index is 11.7. The Hall–Kier alpha value is -2.30.